The van der Waals surface area contributed by atoms with E-state index in [0.29, 0.717) is 19.5 Å². The lowest BCUT2D eigenvalue weighted by Crippen LogP contribution is -2.44. The second kappa shape index (κ2) is 11.4. The first-order chi connectivity index (χ1) is 16.5. The first-order valence-electron chi connectivity index (χ1n) is 12.1. The molecule has 0 aliphatic carbocycles. The molecule has 3 atom stereocenters. The number of aliphatic carboxylic acids is 1. The number of carboxylic acid groups (broad SMARTS) is 1. The molecule has 2 aromatic carbocycles. The van der Waals surface area contributed by atoms with Gasteiger partial charge in [0, 0.05) is 24.7 Å². The lowest BCUT2D eigenvalue weighted by Gasteiger charge is -2.37. The number of hydrogen-bond donors (Lipinski definition) is 2. The molecule has 0 amide bonds. The van der Waals surface area contributed by atoms with Gasteiger partial charge in [-0.1, -0.05) is 30.3 Å². The van der Waals surface area contributed by atoms with Gasteiger partial charge in [-0.25, -0.2) is 0 Å². The molecule has 4 rings (SSSR count). The van der Waals surface area contributed by atoms with E-state index in [2.05, 4.69) is 16.0 Å². The van der Waals surface area contributed by atoms with Gasteiger partial charge in [-0.15, -0.1) is 0 Å². The van der Waals surface area contributed by atoms with Gasteiger partial charge in [-0.05, 0) is 80.0 Å². The molecule has 2 heterocycles. The number of benzene rings is 2. The van der Waals surface area contributed by atoms with Gasteiger partial charge in [-0.3, -0.25) is 9.78 Å². The predicted octanol–water partition coefficient (Wildman–Crippen LogP) is 4.71. The fourth-order valence-electron chi connectivity index (χ4n) is 5.13. The Morgan fingerprint density at radius 3 is 2.79 bits per heavy atom. The fourth-order valence-corrected chi connectivity index (χ4v) is 5.13. The van der Waals surface area contributed by atoms with Crippen molar-refractivity contribution in [2.24, 2.45) is 11.8 Å². The highest BCUT2D eigenvalue weighted by Crippen LogP contribution is 2.30. The monoisotopic (exact) mass is 462 g/mol. The molecule has 6 nitrogen and oxygen atoms in total. The second-order valence-electron chi connectivity index (χ2n) is 9.25. The van der Waals surface area contributed by atoms with Crippen LogP contribution in [0.5, 0.6) is 5.75 Å². The molecule has 0 unspecified atom stereocenters. The number of carboxylic acids is 1. The zero-order chi connectivity index (χ0) is 23.9. The fraction of sp³-hybridized carbons (Fsp3) is 0.429. The Balaban J connectivity index is 1.31. The third-order valence-electron chi connectivity index (χ3n) is 7.12. The van der Waals surface area contributed by atoms with Crippen LogP contribution in [0, 0.1) is 11.8 Å². The largest absolute Gasteiger partial charge is 0.497 e. The standard InChI is InChI=1S/C28H34N2O4/c1-34-23-10-11-26-24(18-23)20(12-15-29-26)8-5-9-21-13-16-30(19-25(21)28(32)33)17-14-27(31)22-6-3-2-4-7-22/h2-4,6-7,10-12,15,18,21,25,27,31H,5,8-9,13-14,16-17,19H2,1H3,(H,32,33)/t21-,25+,27+/m1/s1. The van der Waals surface area contributed by atoms with E-state index in [9.17, 15) is 15.0 Å². The minimum absolute atomic E-state index is 0.176. The van der Waals surface area contributed by atoms with E-state index in [0.717, 1.165) is 54.4 Å². The lowest BCUT2D eigenvalue weighted by molar-refractivity contribution is -0.146. The molecule has 1 fully saturated rings. The minimum Gasteiger partial charge on any atom is -0.497 e. The van der Waals surface area contributed by atoms with Crippen molar-refractivity contribution in [2.75, 3.05) is 26.7 Å². The Morgan fingerprint density at radius 2 is 2.03 bits per heavy atom. The second-order valence-corrected chi connectivity index (χ2v) is 9.25. The average Bonchev–Trinajstić information content (AvgIpc) is 2.88. The van der Waals surface area contributed by atoms with Crippen molar-refractivity contribution in [1.82, 2.24) is 9.88 Å². The van der Waals surface area contributed by atoms with Crippen LogP contribution in [-0.2, 0) is 11.2 Å². The third kappa shape index (κ3) is 5.93. The summed E-state index contributed by atoms with van der Waals surface area (Å²) in [6.07, 6.45) is 5.54. The Labute approximate surface area is 201 Å². The highest BCUT2D eigenvalue weighted by Gasteiger charge is 2.33. The molecule has 0 saturated carbocycles. The summed E-state index contributed by atoms with van der Waals surface area (Å²) in [6, 6.07) is 17.6. The van der Waals surface area contributed by atoms with Gasteiger partial charge in [0.25, 0.3) is 0 Å². The topological polar surface area (TPSA) is 82.9 Å². The number of carbonyl (C=O) groups is 1. The van der Waals surface area contributed by atoms with Crippen LogP contribution in [-0.4, -0.2) is 52.8 Å². The number of aliphatic hydroxyl groups excluding tert-OH is 1. The number of fused-ring (bicyclic) bond motifs is 1. The summed E-state index contributed by atoms with van der Waals surface area (Å²) in [5.41, 5.74) is 3.09. The van der Waals surface area contributed by atoms with Crippen molar-refractivity contribution in [3.8, 4) is 5.75 Å². The van der Waals surface area contributed by atoms with Crippen molar-refractivity contribution < 1.29 is 19.7 Å². The molecule has 180 valence electrons. The molecular weight excluding hydrogens is 428 g/mol. The maximum atomic E-state index is 12.1. The Morgan fingerprint density at radius 1 is 1.21 bits per heavy atom. The zero-order valence-electron chi connectivity index (χ0n) is 19.8. The number of aryl methyl sites for hydroxylation is 1. The number of rotatable bonds is 10. The summed E-state index contributed by atoms with van der Waals surface area (Å²) in [7, 11) is 1.66. The number of nitrogens with zero attached hydrogens (tertiary/aromatic N) is 2. The van der Waals surface area contributed by atoms with Crippen LogP contribution in [0.3, 0.4) is 0 Å². The van der Waals surface area contributed by atoms with Gasteiger partial charge >= 0.3 is 5.97 Å². The van der Waals surface area contributed by atoms with E-state index in [1.807, 2.05) is 54.7 Å². The Kier molecular flexibility index (Phi) is 8.14. The van der Waals surface area contributed by atoms with Crippen LogP contribution < -0.4 is 4.74 Å². The predicted molar refractivity (Wildman–Crippen MR) is 133 cm³/mol. The van der Waals surface area contributed by atoms with Gasteiger partial charge in [-0.2, -0.15) is 0 Å². The number of methoxy groups -OCH3 is 1. The number of aliphatic hydroxyl groups is 1. The minimum atomic E-state index is -0.711. The van der Waals surface area contributed by atoms with Crippen LogP contribution in [0.25, 0.3) is 10.9 Å². The summed E-state index contributed by atoms with van der Waals surface area (Å²) in [4.78, 5) is 18.7. The van der Waals surface area contributed by atoms with Crippen molar-refractivity contribution in [3.05, 3.63) is 71.9 Å². The average molecular weight is 463 g/mol. The van der Waals surface area contributed by atoms with Gasteiger partial charge in [0.1, 0.15) is 5.75 Å². The summed E-state index contributed by atoms with van der Waals surface area (Å²) in [5, 5.41) is 21.5. The Hall–Kier alpha value is -2.96. The molecule has 6 heteroatoms. The normalized spacial score (nSPS) is 19.7. The maximum absolute atomic E-state index is 12.1. The quantitative estimate of drug-likeness (QED) is 0.454. The molecule has 2 N–H and O–H groups in total. The lowest BCUT2D eigenvalue weighted by atomic mass is 9.81. The van der Waals surface area contributed by atoms with Crippen molar-refractivity contribution in [3.63, 3.8) is 0 Å². The van der Waals surface area contributed by atoms with Crippen molar-refractivity contribution >= 4 is 16.9 Å². The molecule has 1 saturated heterocycles. The highest BCUT2D eigenvalue weighted by atomic mass is 16.5. The van der Waals surface area contributed by atoms with Gasteiger partial charge < -0.3 is 19.8 Å². The molecule has 1 aromatic heterocycles. The number of hydrogen-bond acceptors (Lipinski definition) is 5. The molecule has 0 radical (unpaired) electrons. The summed E-state index contributed by atoms with van der Waals surface area (Å²) < 4.78 is 5.37. The van der Waals surface area contributed by atoms with E-state index >= 15 is 0 Å². The van der Waals surface area contributed by atoms with Crippen LogP contribution in [0.1, 0.15) is 42.9 Å². The van der Waals surface area contributed by atoms with E-state index in [4.69, 9.17) is 4.74 Å². The van der Waals surface area contributed by atoms with Crippen molar-refractivity contribution in [1.29, 1.82) is 0 Å². The van der Waals surface area contributed by atoms with E-state index in [1.54, 1.807) is 7.11 Å². The van der Waals surface area contributed by atoms with E-state index in [1.165, 1.54) is 5.56 Å². The van der Waals surface area contributed by atoms with Crippen LogP contribution in [0.4, 0.5) is 0 Å². The highest BCUT2D eigenvalue weighted by molar-refractivity contribution is 5.83. The van der Waals surface area contributed by atoms with Crippen LogP contribution in [0.2, 0.25) is 0 Å². The summed E-state index contributed by atoms with van der Waals surface area (Å²) in [5.74, 6) is -0.0813. The zero-order valence-corrected chi connectivity index (χ0v) is 19.8. The summed E-state index contributed by atoms with van der Waals surface area (Å²) >= 11 is 0. The summed E-state index contributed by atoms with van der Waals surface area (Å²) in [6.45, 7) is 2.14. The molecule has 34 heavy (non-hydrogen) atoms. The third-order valence-corrected chi connectivity index (χ3v) is 7.12. The Bertz CT molecular complexity index is 1090. The SMILES string of the molecule is COc1ccc2nccc(CCC[C@@H]3CCN(CC[C@H](O)c4ccccc4)C[C@@H]3C(=O)O)c2c1. The van der Waals surface area contributed by atoms with E-state index < -0.39 is 12.1 Å². The maximum Gasteiger partial charge on any atom is 0.308 e. The van der Waals surface area contributed by atoms with Gasteiger partial charge in [0.15, 0.2) is 0 Å². The molecule has 0 spiro atoms. The smallest absolute Gasteiger partial charge is 0.308 e. The number of pyridine rings is 1. The number of likely N-dealkylation sites (tertiary alicyclic amines) is 1. The number of aromatic nitrogens is 1. The molecular formula is C28H34N2O4. The number of ether oxygens (including phenoxy) is 1. The molecule has 0 bridgehead atoms. The van der Waals surface area contributed by atoms with Crippen LogP contribution >= 0.6 is 0 Å². The molecule has 1 aliphatic rings. The first kappa shape index (κ1) is 24.2. The molecule has 1 aliphatic heterocycles. The van der Waals surface area contributed by atoms with Crippen molar-refractivity contribution in [2.45, 2.75) is 38.2 Å². The van der Waals surface area contributed by atoms with Crippen LogP contribution in [0.15, 0.2) is 60.8 Å². The van der Waals surface area contributed by atoms with E-state index in [-0.39, 0.29) is 11.8 Å². The van der Waals surface area contributed by atoms with Gasteiger partial charge in [0.05, 0.1) is 24.6 Å². The molecule has 3 aromatic rings. The first-order valence-corrected chi connectivity index (χ1v) is 12.1. The number of piperidine rings is 1. The van der Waals surface area contributed by atoms with Gasteiger partial charge in [0.2, 0.25) is 0 Å².